The molecule has 2 aromatic carbocycles. The van der Waals surface area contributed by atoms with Crippen molar-refractivity contribution in [2.24, 2.45) is 5.92 Å². The molecule has 0 saturated heterocycles. The lowest BCUT2D eigenvalue weighted by Crippen LogP contribution is -2.06. The fourth-order valence-electron chi connectivity index (χ4n) is 3.89. The summed E-state index contributed by atoms with van der Waals surface area (Å²) in [6, 6.07) is 13.0. The van der Waals surface area contributed by atoms with Gasteiger partial charge in [0.25, 0.3) is 0 Å². The number of hydrogen-bond donors (Lipinski definition) is 1. The molecule has 0 heterocycles. The fraction of sp³-hybridized carbons (Fsp3) is 0.381. The van der Waals surface area contributed by atoms with Crippen molar-refractivity contribution in [3.8, 4) is 11.1 Å². The number of aliphatic carboxylic acids is 1. The van der Waals surface area contributed by atoms with E-state index in [1.54, 1.807) is 0 Å². The van der Waals surface area contributed by atoms with Crippen molar-refractivity contribution in [2.75, 3.05) is 0 Å². The SMILES string of the molecule is O=C(O)Cc1c(-c2cccc(CC3CC3)c2)ccc2c1CCC2. The molecule has 4 rings (SSSR count). The number of fused-ring (bicyclic) bond motifs is 1. The Morgan fingerprint density at radius 1 is 1.13 bits per heavy atom. The van der Waals surface area contributed by atoms with Crippen LogP contribution in [0.4, 0.5) is 0 Å². The largest absolute Gasteiger partial charge is 0.481 e. The average molecular weight is 306 g/mol. The molecule has 118 valence electrons. The van der Waals surface area contributed by atoms with Crippen molar-refractivity contribution in [3.05, 3.63) is 58.7 Å². The summed E-state index contributed by atoms with van der Waals surface area (Å²) in [5, 5.41) is 9.35. The van der Waals surface area contributed by atoms with E-state index in [-0.39, 0.29) is 6.42 Å². The zero-order valence-corrected chi connectivity index (χ0v) is 13.3. The Morgan fingerprint density at radius 2 is 2.00 bits per heavy atom. The Balaban J connectivity index is 1.76. The van der Waals surface area contributed by atoms with E-state index in [1.165, 1.54) is 35.1 Å². The highest BCUT2D eigenvalue weighted by atomic mass is 16.4. The molecule has 2 nitrogen and oxygen atoms in total. The predicted molar refractivity (Wildman–Crippen MR) is 91.7 cm³/mol. The van der Waals surface area contributed by atoms with Crippen LogP contribution in [0.3, 0.4) is 0 Å². The van der Waals surface area contributed by atoms with Crippen LogP contribution in [-0.4, -0.2) is 11.1 Å². The van der Waals surface area contributed by atoms with Crippen molar-refractivity contribution in [1.29, 1.82) is 0 Å². The molecule has 0 aliphatic heterocycles. The van der Waals surface area contributed by atoms with Crippen LogP contribution in [0.25, 0.3) is 11.1 Å². The van der Waals surface area contributed by atoms with Crippen molar-refractivity contribution in [1.82, 2.24) is 0 Å². The van der Waals surface area contributed by atoms with Crippen molar-refractivity contribution in [3.63, 3.8) is 0 Å². The number of carbonyl (C=O) groups is 1. The van der Waals surface area contributed by atoms with E-state index in [4.69, 9.17) is 0 Å². The summed E-state index contributed by atoms with van der Waals surface area (Å²) < 4.78 is 0. The van der Waals surface area contributed by atoms with Gasteiger partial charge in [-0.05, 0) is 77.8 Å². The smallest absolute Gasteiger partial charge is 0.307 e. The highest BCUT2D eigenvalue weighted by Gasteiger charge is 2.23. The summed E-state index contributed by atoms with van der Waals surface area (Å²) in [5.41, 5.74) is 7.35. The number of hydrogen-bond acceptors (Lipinski definition) is 1. The molecule has 2 aliphatic rings. The minimum atomic E-state index is -0.735. The van der Waals surface area contributed by atoms with E-state index in [1.807, 2.05) is 0 Å². The van der Waals surface area contributed by atoms with Gasteiger partial charge in [-0.25, -0.2) is 0 Å². The third kappa shape index (κ3) is 3.03. The fourth-order valence-corrected chi connectivity index (χ4v) is 3.89. The number of rotatable bonds is 5. The zero-order valence-electron chi connectivity index (χ0n) is 13.3. The molecule has 1 fully saturated rings. The van der Waals surface area contributed by atoms with E-state index in [9.17, 15) is 9.90 Å². The molecule has 2 heteroatoms. The Kier molecular flexibility index (Phi) is 3.68. The van der Waals surface area contributed by atoms with Gasteiger partial charge < -0.3 is 5.11 Å². The second kappa shape index (κ2) is 5.84. The molecular formula is C21H22O2. The molecule has 0 amide bonds. The molecule has 23 heavy (non-hydrogen) atoms. The molecule has 0 radical (unpaired) electrons. The second-order valence-electron chi connectivity index (χ2n) is 7.00. The summed E-state index contributed by atoms with van der Waals surface area (Å²) >= 11 is 0. The van der Waals surface area contributed by atoms with Crippen LogP contribution >= 0.6 is 0 Å². The van der Waals surface area contributed by atoms with Crippen LogP contribution in [-0.2, 0) is 30.5 Å². The van der Waals surface area contributed by atoms with E-state index < -0.39 is 5.97 Å². The molecule has 1 N–H and O–H groups in total. The lowest BCUT2D eigenvalue weighted by molar-refractivity contribution is -0.136. The first-order valence-corrected chi connectivity index (χ1v) is 8.65. The van der Waals surface area contributed by atoms with Crippen LogP contribution in [0, 0.1) is 5.92 Å². The topological polar surface area (TPSA) is 37.3 Å². The Labute approximate surface area is 137 Å². The molecular weight excluding hydrogens is 284 g/mol. The molecule has 2 aromatic rings. The predicted octanol–water partition coefficient (Wildman–Crippen LogP) is 4.42. The number of aryl methyl sites for hydroxylation is 1. The van der Waals surface area contributed by atoms with Crippen LogP contribution in [0.1, 0.15) is 41.5 Å². The van der Waals surface area contributed by atoms with Gasteiger partial charge in [0.2, 0.25) is 0 Å². The normalized spacial score (nSPS) is 16.3. The number of carboxylic acids is 1. The lowest BCUT2D eigenvalue weighted by Gasteiger charge is -2.14. The van der Waals surface area contributed by atoms with E-state index in [2.05, 4.69) is 36.4 Å². The van der Waals surface area contributed by atoms with Gasteiger partial charge in [-0.15, -0.1) is 0 Å². The molecule has 0 aromatic heterocycles. The summed E-state index contributed by atoms with van der Waals surface area (Å²) in [5.74, 6) is 0.129. The van der Waals surface area contributed by atoms with Gasteiger partial charge in [-0.1, -0.05) is 36.4 Å². The molecule has 0 spiro atoms. The van der Waals surface area contributed by atoms with Crippen LogP contribution in [0.15, 0.2) is 36.4 Å². The van der Waals surface area contributed by atoms with Gasteiger partial charge >= 0.3 is 5.97 Å². The van der Waals surface area contributed by atoms with E-state index >= 15 is 0 Å². The van der Waals surface area contributed by atoms with Crippen LogP contribution < -0.4 is 0 Å². The van der Waals surface area contributed by atoms with Crippen molar-refractivity contribution >= 4 is 5.97 Å². The summed E-state index contributed by atoms with van der Waals surface area (Å²) in [7, 11) is 0. The quantitative estimate of drug-likeness (QED) is 0.887. The maximum Gasteiger partial charge on any atom is 0.307 e. The molecule has 0 bridgehead atoms. The van der Waals surface area contributed by atoms with Gasteiger partial charge in [-0.3, -0.25) is 4.79 Å². The van der Waals surface area contributed by atoms with Crippen LogP contribution in [0.5, 0.6) is 0 Å². The summed E-state index contributed by atoms with van der Waals surface area (Å²) in [4.78, 5) is 11.4. The second-order valence-corrected chi connectivity index (χ2v) is 7.00. The maximum absolute atomic E-state index is 11.4. The first-order chi connectivity index (χ1) is 11.2. The third-order valence-corrected chi connectivity index (χ3v) is 5.19. The van der Waals surface area contributed by atoms with Crippen molar-refractivity contribution in [2.45, 2.75) is 44.9 Å². The van der Waals surface area contributed by atoms with Crippen LogP contribution in [0.2, 0.25) is 0 Å². The van der Waals surface area contributed by atoms with Gasteiger partial charge in [0.05, 0.1) is 6.42 Å². The zero-order chi connectivity index (χ0) is 15.8. The van der Waals surface area contributed by atoms with E-state index in [0.29, 0.717) is 0 Å². The Morgan fingerprint density at radius 3 is 2.78 bits per heavy atom. The van der Waals surface area contributed by atoms with Gasteiger partial charge in [0.1, 0.15) is 0 Å². The van der Waals surface area contributed by atoms with Gasteiger partial charge in [0, 0.05) is 0 Å². The monoisotopic (exact) mass is 306 g/mol. The first kappa shape index (κ1) is 14.5. The standard InChI is InChI=1S/C21H22O2/c22-21(23)13-20-18-6-2-4-16(18)9-10-19(20)17-5-1-3-15(12-17)11-14-7-8-14/h1,3,5,9-10,12,14H,2,4,6-8,11,13H2,(H,22,23). The highest BCUT2D eigenvalue weighted by molar-refractivity contribution is 5.78. The third-order valence-electron chi connectivity index (χ3n) is 5.19. The number of carboxylic acid groups (broad SMARTS) is 1. The summed E-state index contributed by atoms with van der Waals surface area (Å²) in [6.45, 7) is 0. The highest BCUT2D eigenvalue weighted by Crippen LogP contribution is 2.36. The molecule has 0 unspecified atom stereocenters. The number of benzene rings is 2. The first-order valence-electron chi connectivity index (χ1n) is 8.65. The summed E-state index contributed by atoms with van der Waals surface area (Å²) in [6.07, 6.45) is 7.25. The van der Waals surface area contributed by atoms with Crippen molar-refractivity contribution < 1.29 is 9.90 Å². The Bertz CT molecular complexity index is 756. The minimum absolute atomic E-state index is 0.130. The molecule has 2 aliphatic carbocycles. The molecule has 0 atom stereocenters. The lowest BCUT2D eigenvalue weighted by atomic mass is 9.90. The minimum Gasteiger partial charge on any atom is -0.481 e. The molecule has 1 saturated carbocycles. The van der Waals surface area contributed by atoms with E-state index in [0.717, 1.165) is 42.7 Å². The maximum atomic E-state index is 11.4. The van der Waals surface area contributed by atoms with Gasteiger partial charge in [-0.2, -0.15) is 0 Å². The van der Waals surface area contributed by atoms with Gasteiger partial charge in [0.15, 0.2) is 0 Å². The Hall–Kier alpha value is -2.09. The average Bonchev–Trinajstić information content (AvgIpc) is 3.20.